The van der Waals surface area contributed by atoms with E-state index in [9.17, 15) is 4.79 Å². The van der Waals surface area contributed by atoms with Crippen molar-refractivity contribution >= 4 is 5.91 Å². The highest BCUT2D eigenvalue weighted by atomic mass is 16.1. The summed E-state index contributed by atoms with van der Waals surface area (Å²) in [5.41, 5.74) is 7.14. The van der Waals surface area contributed by atoms with Crippen LogP contribution in [0.4, 0.5) is 0 Å². The number of aryl methyl sites for hydroxylation is 1. The second-order valence-corrected chi connectivity index (χ2v) is 3.31. The second kappa shape index (κ2) is 4.72. The average Bonchev–Trinajstić information content (AvgIpc) is 2.16. The largest absolute Gasteiger partial charge is 0.368 e. The predicted octanol–water partition coefficient (Wildman–Crippen LogP) is 0.353. The summed E-state index contributed by atoms with van der Waals surface area (Å²) in [6, 6.07) is 3.60. The lowest BCUT2D eigenvalue weighted by Crippen LogP contribution is -2.38. The van der Waals surface area contributed by atoms with Gasteiger partial charge in [-0.1, -0.05) is 6.07 Å². The molecule has 0 spiro atoms. The first-order valence-corrected chi connectivity index (χ1v) is 4.54. The topological polar surface area (TPSA) is 68.0 Å². The molecule has 14 heavy (non-hydrogen) atoms. The van der Waals surface area contributed by atoms with Crippen LogP contribution in [0, 0.1) is 6.92 Å². The molecule has 0 saturated carbocycles. The Kier molecular flexibility index (Phi) is 3.59. The van der Waals surface area contributed by atoms with Crippen LogP contribution in [0.5, 0.6) is 0 Å². The Morgan fingerprint density at radius 1 is 1.64 bits per heavy atom. The fraction of sp³-hybridized carbons (Fsp3) is 0.400. The molecule has 76 valence electrons. The maximum atomic E-state index is 10.7. The molecule has 1 aromatic heterocycles. The molecule has 0 fully saturated rings. The number of nitrogens with one attached hydrogen (secondary N) is 1. The average molecular weight is 193 g/mol. The monoisotopic (exact) mass is 193 g/mol. The van der Waals surface area contributed by atoms with Crippen molar-refractivity contribution in [3.8, 4) is 0 Å². The Balaban J connectivity index is 2.46. The quantitative estimate of drug-likeness (QED) is 0.725. The van der Waals surface area contributed by atoms with Gasteiger partial charge in [-0.25, -0.2) is 0 Å². The zero-order valence-electron chi connectivity index (χ0n) is 8.45. The van der Waals surface area contributed by atoms with E-state index in [0.29, 0.717) is 6.54 Å². The molecule has 1 aromatic rings. The first-order valence-electron chi connectivity index (χ1n) is 4.54. The lowest BCUT2D eigenvalue weighted by molar-refractivity contribution is -0.119. The Morgan fingerprint density at radius 3 is 2.86 bits per heavy atom. The van der Waals surface area contributed by atoms with E-state index < -0.39 is 0 Å². The van der Waals surface area contributed by atoms with E-state index in [-0.39, 0.29) is 11.9 Å². The van der Waals surface area contributed by atoms with Crippen molar-refractivity contribution in [2.75, 3.05) is 0 Å². The molecular formula is C10H15N3O. The summed E-state index contributed by atoms with van der Waals surface area (Å²) >= 11 is 0. The van der Waals surface area contributed by atoms with Gasteiger partial charge in [-0.2, -0.15) is 0 Å². The van der Waals surface area contributed by atoms with Crippen LogP contribution in [0.25, 0.3) is 0 Å². The van der Waals surface area contributed by atoms with Gasteiger partial charge >= 0.3 is 0 Å². The minimum atomic E-state index is -0.343. The number of rotatable bonds is 4. The van der Waals surface area contributed by atoms with Gasteiger partial charge < -0.3 is 11.1 Å². The first kappa shape index (κ1) is 10.7. The van der Waals surface area contributed by atoms with E-state index in [1.54, 1.807) is 13.1 Å². The molecule has 1 heterocycles. The zero-order chi connectivity index (χ0) is 10.6. The number of aromatic nitrogens is 1. The molecule has 4 heteroatoms. The molecule has 1 unspecified atom stereocenters. The van der Waals surface area contributed by atoms with Gasteiger partial charge in [0.15, 0.2) is 0 Å². The molecule has 0 aromatic carbocycles. The van der Waals surface area contributed by atoms with Crippen molar-refractivity contribution < 1.29 is 4.79 Å². The number of hydrogen-bond acceptors (Lipinski definition) is 3. The normalized spacial score (nSPS) is 12.4. The maximum absolute atomic E-state index is 10.7. The van der Waals surface area contributed by atoms with Crippen molar-refractivity contribution in [3.05, 3.63) is 29.6 Å². The van der Waals surface area contributed by atoms with E-state index in [2.05, 4.69) is 10.3 Å². The Labute approximate surface area is 83.5 Å². The maximum Gasteiger partial charge on any atom is 0.234 e. The SMILES string of the molecule is Cc1ccc(CNC(C)C(N)=O)cn1. The van der Waals surface area contributed by atoms with E-state index >= 15 is 0 Å². The smallest absolute Gasteiger partial charge is 0.234 e. The molecular weight excluding hydrogens is 178 g/mol. The summed E-state index contributed by atoms with van der Waals surface area (Å²) in [6.45, 7) is 4.28. The highest BCUT2D eigenvalue weighted by molar-refractivity contribution is 5.79. The summed E-state index contributed by atoms with van der Waals surface area (Å²) in [5.74, 6) is -0.343. The molecule has 1 rings (SSSR count). The number of nitrogens with zero attached hydrogens (tertiary/aromatic N) is 1. The number of carbonyl (C=O) groups excluding carboxylic acids is 1. The van der Waals surface area contributed by atoms with Gasteiger partial charge in [0, 0.05) is 18.4 Å². The highest BCUT2D eigenvalue weighted by Crippen LogP contribution is 1.98. The van der Waals surface area contributed by atoms with Crippen LogP contribution in [0.15, 0.2) is 18.3 Å². The van der Waals surface area contributed by atoms with Crippen LogP contribution in [0.3, 0.4) is 0 Å². The minimum absolute atomic E-state index is 0.309. The van der Waals surface area contributed by atoms with Gasteiger partial charge in [-0.15, -0.1) is 0 Å². The number of hydrogen-bond donors (Lipinski definition) is 2. The number of primary amides is 1. The lowest BCUT2D eigenvalue weighted by Gasteiger charge is -2.09. The molecule has 0 radical (unpaired) electrons. The molecule has 1 atom stereocenters. The second-order valence-electron chi connectivity index (χ2n) is 3.31. The van der Waals surface area contributed by atoms with Crippen molar-refractivity contribution in [3.63, 3.8) is 0 Å². The molecule has 0 aliphatic rings. The summed E-state index contributed by atoms with van der Waals surface area (Å²) in [5, 5.41) is 3.00. The summed E-state index contributed by atoms with van der Waals surface area (Å²) in [4.78, 5) is 14.9. The molecule has 0 bridgehead atoms. The van der Waals surface area contributed by atoms with E-state index in [0.717, 1.165) is 11.3 Å². The van der Waals surface area contributed by atoms with Gasteiger partial charge in [0.05, 0.1) is 6.04 Å². The first-order chi connectivity index (χ1) is 6.59. The lowest BCUT2D eigenvalue weighted by atomic mass is 10.2. The Hall–Kier alpha value is -1.42. The van der Waals surface area contributed by atoms with Crippen LogP contribution in [0.1, 0.15) is 18.2 Å². The molecule has 0 saturated heterocycles. The minimum Gasteiger partial charge on any atom is -0.368 e. The number of amides is 1. The van der Waals surface area contributed by atoms with E-state index in [1.807, 2.05) is 19.1 Å². The van der Waals surface area contributed by atoms with E-state index in [1.165, 1.54) is 0 Å². The summed E-state index contributed by atoms with van der Waals surface area (Å²) < 4.78 is 0. The van der Waals surface area contributed by atoms with Gasteiger partial charge in [0.2, 0.25) is 5.91 Å². The summed E-state index contributed by atoms with van der Waals surface area (Å²) in [6.07, 6.45) is 1.79. The Morgan fingerprint density at radius 2 is 2.36 bits per heavy atom. The zero-order valence-corrected chi connectivity index (χ0v) is 8.45. The van der Waals surface area contributed by atoms with Crippen LogP contribution in [-0.2, 0) is 11.3 Å². The van der Waals surface area contributed by atoms with Crippen molar-refractivity contribution in [2.24, 2.45) is 5.73 Å². The third kappa shape index (κ3) is 3.14. The highest BCUT2D eigenvalue weighted by Gasteiger charge is 2.06. The van der Waals surface area contributed by atoms with Crippen LogP contribution in [-0.4, -0.2) is 16.9 Å². The number of nitrogens with two attached hydrogens (primary N) is 1. The molecule has 4 nitrogen and oxygen atoms in total. The fourth-order valence-electron chi connectivity index (χ4n) is 0.975. The van der Waals surface area contributed by atoms with E-state index in [4.69, 9.17) is 5.73 Å². The molecule has 3 N–H and O–H groups in total. The van der Waals surface area contributed by atoms with Crippen molar-refractivity contribution in [2.45, 2.75) is 26.4 Å². The molecule has 0 aliphatic heterocycles. The number of carbonyl (C=O) groups is 1. The third-order valence-corrected chi connectivity index (χ3v) is 2.01. The molecule has 1 amide bonds. The standard InChI is InChI=1S/C10H15N3O/c1-7-3-4-9(5-12-7)6-13-8(2)10(11)14/h3-5,8,13H,6H2,1-2H3,(H2,11,14). The van der Waals surface area contributed by atoms with Gasteiger partial charge in [-0.05, 0) is 25.5 Å². The predicted molar refractivity (Wildman–Crippen MR) is 54.5 cm³/mol. The molecule has 0 aliphatic carbocycles. The Bertz CT molecular complexity index is 308. The third-order valence-electron chi connectivity index (χ3n) is 2.01. The van der Waals surface area contributed by atoms with Crippen LogP contribution < -0.4 is 11.1 Å². The van der Waals surface area contributed by atoms with Crippen LogP contribution in [0.2, 0.25) is 0 Å². The van der Waals surface area contributed by atoms with Crippen molar-refractivity contribution in [1.29, 1.82) is 0 Å². The number of pyridine rings is 1. The van der Waals surface area contributed by atoms with Gasteiger partial charge in [-0.3, -0.25) is 9.78 Å². The fourth-order valence-corrected chi connectivity index (χ4v) is 0.975. The van der Waals surface area contributed by atoms with Crippen molar-refractivity contribution in [1.82, 2.24) is 10.3 Å². The van der Waals surface area contributed by atoms with Crippen LogP contribution >= 0.6 is 0 Å². The van der Waals surface area contributed by atoms with Gasteiger partial charge in [0.1, 0.15) is 0 Å². The van der Waals surface area contributed by atoms with Gasteiger partial charge in [0.25, 0.3) is 0 Å². The summed E-state index contributed by atoms with van der Waals surface area (Å²) in [7, 11) is 0.